The molecule has 5 nitrogen and oxygen atoms in total. The van der Waals surface area contributed by atoms with Crippen LogP contribution < -0.4 is 5.32 Å². The van der Waals surface area contributed by atoms with Gasteiger partial charge in [0, 0.05) is 17.1 Å². The van der Waals surface area contributed by atoms with E-state index in [1.165, 1.54) is 4.88 Å². The smallest absolute Gasteiger partial charge is 0.338 e. The van der Waals surface area contributed by atoms with E-state index in [0.717, 1.165) is 12.0 Å². The minimum Gasteiger partial charge on any atom is -0.463 e. The lowest BCUT2D eigenvalue weighted by molar-refractivity contribution is -0.139. The molecule has 6 heteroatoms. The second-order valence-electron chi connectivity index (χ2n) is 5.99. The van der Waals surface area contributed by atoms with Crippen LogP contribution >= 0.6 is 11.3 Å². The Bertz CT molecular complexity index is 800. The number of rotatable bonds is 6. The van der Waals surface area contributed by atoms with E-state index in [1.54, 1.807) is 23.2 Å². The topological polar surface area (TPSA) is 58.6 Å². The van der Waals surface area contributed by atoms with Gasteiger partial charge in [-0.3, -0.25) is 4.90 Å². The first-order valence-corrected chi connectivity index (χ1v) is 9.53. The molecule has 2 heterocycles. The minimum absolute atomic E-state index is 0.194. The highest BCUT2D eigenvalue weighted by molar-refractivity contribution is 7.09. The molecule has 3 rings (SSSR count). The van der Waals surface area contributed by atoms with Gasteiger partial charge < -0.3 is 10.1 Å². The maximum atomic E-state index is 12.7. The predicted octanol–water partition coefficient (Wildman–Crippen LogP) is 3.89. The van der Waals surface area contributed by atoms with Crippen LogP contribution in [-0.2, 0) is 16.0 Å². The zero-order valence-electron chi connectivity index (χ0n) is 14.9. The number of hydrogen-bond donors (Lipinski definition) is 1. The summed E-state index contributed by atoms with van der Waals surface area (Å²) >= 11 is 1.66. The third-order valence-electron chi connectivity index (χ3n) is 4.39. The quantitative estimate of drug-likeness (QED) is 0.785. The van der Waals surface area contributed by atoms with Crippen LogP contribution in [0.25, 0.3) is 0 Å². The molecule has 136 valence electrons. The summed E-state index contributed by atoms with van der Waals surface area (Å²) in [7, 11) is 0. The van der Waals surface area contributed by atoms with E-state index in [0.29, 0.717) is 24.4 Å². The molecule has 1 N–H and O–H groups in total. The fraction of sp³-hybridized carbons (Fsp3) is 0.300. The van der Waals surface area contributed by atoms with Crippen molar-refractivity contribution in [3.8, 4) is 0 Å². The maximum absolute atomic E-state index is 12.7. The molecular weight excluding hydrogens is 348 g/mol. The molecule has 2 amide bonds. The van der Waals surface area contributed by atoms with Crippen molar-refractivity contribution >= 4 is 23.3 Å². The highest BCUT2D eigenvalue weighted by atomic mass is 32.1. The second kappa shape index (κ2) is 8.19. The van der Waals surface area contributed by atoms with E-state index in [2.05, 4.69) is 5.32 Å². The van der Waals surface area contributed by atoms with Gasteiger partial charge in [-0.1, -0.05) is 36.4 Å². The van der Waals surface area contributed by atoms with Gasteiger partial charge in [0.2, 0.25) is 0 Å². The third kappa shape index (κ3) is 3.80. The number of carbonyl (C=O) groups excluding carboxylic acids is 2. The molecule has 26 heavy (non-hydrogen) atoms. The van der Waals surface area contributed by atoms with Crippen LogP contribution in [0.4, 0.5) is 4.79 Å². The van der Waals surface area contributed by atoms with Crippen molar-refractivity contribution in [1.82, 2.24) is 10.2 Å². The molecule has 1 aliphatic heterocycles. The van der Waals surface area contributed by atoms with Gasteiger partial charge in [-0.15, -0.1) is 11.3 Å². The van der Waals surface area contributed by atoms with Gasteiger partial charge >= 0.3 is 12.0 Å². The summed E-state index contributed by atoms with van der Waals surface area (Å²) in [6.45, 7) is 4.40. The normalized spacial score (nSPS) is 17.2. The van der Waals surface area contributed by atoms with E-state index in [4.69, 9.17) is 4.74 Å². The number of benzene rings is 1. The summed E-state index contributed by atoms with van der Waals surface area (Å²) in [5, 5.41) is 4.98. The van der Waals surface area contributed by atoms with Gasteiger partial charge in [0.15, 0.2) is 0 Å². The highest BCUT2D eigenvalue weighted by Crippen LogP contribution is 2.31. The summed E-state index contributed by atoms with van der Waals surface area (Å²) in [4.78, 5) is 28.2. The lowest BCUT2D eigenvalue weighted by Gasteiger charge is -2.35. The van der Waals surface area contributed by atoms with Crippen molar-refractivity contribution in [3.05, 3.63) is 69.6 Å². The Morgan fingerprint density at radius 2 is 2.00 bits per heavy atom. The van der Waals surface area contributed by atoms with Gasteiger partial charge in [0.1, 0.15) is 0 Å². The Morgan fingerprint density at radius 3 is 2.65 bits per heavy atom. The number of hydrogen-bond acceptors (Lipinski definition) is 4. The van der Waals surface area contributed by atoms with Crippen molar-refractivity contribution in [2.75, 3.05) is 13.2 Å². The lowest BCUT2D eigenvalue weighted by atomic mass is 9.95. The number of allylic oxidation sites excluding steroid dienone is 1. The van der Waals surface area contributed by atoms with Crippen LogP contribution in [0.5, 0.6) is 0 Å². The van der Waals surface area contributed by atoms with Gasteiger partial charge in [0.05, 0.1) is 18.2 Å². The number of amides is 2. The average Bonchev–Trinajstić information content (AvgIpc) is 3.15. The maximum Gasteiger partial charge on any atom is 0.338 e. The largest absolute Gasteiger partial charge is 0.463 e. The van der Waals surface area contributed by atoms with Crippen LogP contribution in [0.15, 0.2) is 59.1 Å². The van der Waals surface area contributed by atoms with Crippen LogP contribution in [0.1, 0.15) is 30.3 Å². The monoisotopic (exact) mass is 370 g/mol. The van der Waals surface area contributed by atoms with Crippen molar-refractivity contribution in [1.29, 1.82) is 0 Å². The fourth-order valence-corrected chi connectivity index (χ4v) is 3.79. The van der Waals surface area contributed by atoms with Crippen molar-refractivity contribution in [2.24, 2.45) is 0 Å². The van der Waals surface area contributed by atoms with Gasteiger partial charge in [0.25, 0.3) is 0 Å². The number of nitrogens with one attached hydrogen (secondary N) is 1. The number of nitrogens with zero attached hydrogens (tertiary/aromatic N) is 1. The fourth-order valence-electron chi connectivity index (χ4n) is 3.10. The Morgan fingerprint density at radius 1 is 1.23 bits per heavy atom. The molecule has 1 aliphatic rings. The Labute approximate surface area is 157 Å². The van der Waals surface area contributed by atoms with E-state index >= 15 is 0 Å². The molecule has 0 bridgehead atoms. The number of thiophene rings is 1. The van der Waals surface area contributed by atoms with Crippen molar-refractivity contribution in [3.63, 3.8) is 0 Å². The molecule has 0 aliphatic carbocycles. The zero-order valence-corrected chi connectivity index (χ0v) is 15.7. The predicted molar refractivity (Wildman–Crippen MR) is 102 cm³/mol. The molecule has 1 atom stereocenters. The molecule has 2 aromatic rings. The molecule has 1 unspecified atom stereocenters. The highest BCUT2D eigenvalue weighted by Gasteiger charge is 2.36. The SMILES string of the molecule is CCOC(=O)C1=C(C)N(CCc2cccs2)C(=O)NC1c1ccccc1. The summed E-state index contributed by atoms with van der Waals surface area (Å²) in [5.74, 6) is -0.389. The molecule has 1 aromatic heterocycles. The number of ether oxygens (including phenoxy) is 1. The van der Waals surface area contributed by atoms with Crippen LogP contribution in [0, 0.1) is 0 Å². The number of carbonyl (C=O) groups is 2. The van der Waals surface area contributed by atoms with Gasteiger partial charge in [-0.25, -0.2) is 9.59 Å². The van der Waals surface area contributed by atoms with Crippen LogP contribution in [-0.4, -0.2) is 30.1 Å². The Balaban J connectivity index is 1.93. The average molecular weight is 370 g/mol. The van der Waals surface area contributed by atoms with Crippen molar-refractivity contribution < 1.29 is 14.3 Å². The standard InChI is InChI=1S/C20H22N2O3S/c1-3-25-19(23)17-14(2)22(12-11-16-10-7-13-26-16)20(24)21-18(17)15-8-5-4-6-9-15/h4-10,13,18H,3,11-12H2,1-2H3,(H,21,24). The van der Waals surface area contributed by atoms with E-state index in [9.17, 15) is 9.59 Å². The molecule has 0 radical (unpaired) electrons. The molecule has 1 aromatic carbocycles. The van der Waals surface area contributed by atoms with Gasteiger partial charge in [-0.2, -0.15) is 0 Å². The van der Waals surface area contributed by atoms with Gasteiger partial charge in [-0.05, 0) is 37.3 Å². The first kappa shape index (κ1) is 18.2. The molecule has 0 saturated heterocycles. The minimum atomic E-state index is -0.499. The van der Waals surface area contributed by atoms with E-state index in [-0.39, 0.29) is 12.0 Å². The second-order valence-corrected chi connectivity index (χ2v) is 7.03. The number of esters is 1. The molecule has 0 fully saturated rings. The molecular formula is C20H22N2O3S. The molecule has 0 saturated carbocycles. The van der Waals surface area contributed by atoms with Crippen LogP contribution in [0.3, 0.4) is 0 Å². The van der Waals surface area contributed by atoms with Crippen LogP contribution in [0.2, 0.25) is 0 Å². The third-order valence-corrected chi connectivity index (χ3v) is 5.32. The summed E-state index contributed by atoms with van der Waals surface area (Å²) in [6.07, 6.45) is 0.745. The molecule has 0 spiro atoms. The summed E-state index contributed by atoms with van der Waals surface area (Å²) in [6, 6.07) is 12.8. The zero-order chi connectivity index (χ0) is 18.5. The first-order chi connectivity index (χ1) is 12.6. The van der Waals surface area contributed by atoms with E-state index in [1.807, 2.05) is 54.8 Å². The van der Waals surface area contributed by atoms with Crippen molar-refractivity contribution in [2.45, 2.75) is 26.3 Å². The number of urea groups is 1. The van der Waals surface area contributed by atoms with E-state index < -0.39 is 6.04 Å². The summed E-state index contributed by atoms with van der Waals surface area (Å²) in [5.41, 5.74) is 2.00. The summed E-state index contributed by atoms with van der Waals surface area (Å²) < 4.78 is 5.26. The lowest BCUT2D eigenvalue weighted by Crippen LogP contribution is -2.48. The Kier molecular flexibility index (Phi) is 5.73. The Hall–Kier alpha value is -2.60. The first-order valence-electron chi connectivity index (χ1n) is 8.65.